The Bertz CT molecular complexity index is 1680. The standard InChI is InChI=1S/C25H22N4O8S4/c1-16(30)26-18-6-8-19(9-7-18)27-22(31)15-37-25(32)17-12-20(28-40(33,34)23-4-2-10-38-23)14-21(13-17)29-41(35,36)24-5-3-11-39-24/h2-14,28-29H,15H2,1H3,(H,26,30)(H,27,31). The summed E-state index contributed by atoms with van der Waals surface area (Å²) in [5.74, 6) is -1.92. The monoisotopic (exact) mass is 634 g/mol. The molecular weight excluding hydrogens is 613 g/mol. The second-order valence-corrected chi connectivity index (χ2v) is 14.0. The number of ether oxygens (including phenoxy) is 1. The van der Waals surface area contributed by atoms with Gasteiger partial charge in [0.2, 0.25) is 5.91 Å². The van der Waals surface area contributed by atoms with Crippen LogP contribution in [-0.4, -0.2) is 41.2 Å². The van der Waals surface area contributed by atoms with Crippen molar-refractivity contribution in [1.29, 1.82) is 0 Å². The minimum Gasteiger partial charge on any atom is -0.452 e. The molecule has 2 aromatic carbocycles. The molecule has 2 heterocycles. The molecule has 16 heteroatoms. The minimum atomic E-state index is -4.03. The molecule has 2 amide bonds. The Balaban J connectivity index is 1.51. The third kappa shape index (κ3) is 8.14. The van der Waals surface area contributed by atoms with Gasteiger partial charge in [-0.25, -0.2) is 21.6 Å². The van der Waals surface area contributed by atoms with E-state index < -0.39 is 38.5 Å². The number of rotatable bonds is 11. The minimum absolute atomic E-state index is 0.00738. The first-order chi connectivity index (χ1) is 19.4. The number of benzene rings is 2. The molecule has 0 atom stereocenters. The summed E-state index contributed by atoms with van der Waals surface area (Å²) in [6, 6.07) is 15.6. The maximum Gasteiger partial charge on any atom is 0.338 e. The normalized spacial score (nSPS) is 11.3. The van der Waals surface area contributed by atoms with Gasteiger partial charge in [0.25, 0.3) is 26.0 Å². The molecule has 0 radical (unpaired) electrons. The Kier molecular flexibility index (Phi) is 9.07. The SMILES string of the molecule is CC(=O)Nc1ccc(NC(=O)COC(=O)c2cc(NS(=O)(=O)c3cccs3)cc(NS(=O)(=O)c3cccs3)c2)cc1. The molecule has 41 heavy (non-hydrogen) atoms. The van der Waals surface area contributed by atoms with Crippen molar-refractivity contribution in [2.45, 2.75) is 15.3 Å². The quantitative estimate of drug-likeness (QED) is 0.178. The number of anilines is 4. The molecule has 0 fully saturated rings. The predicted molar refractivity (Wildman–Crippen MR) is 156 cm³/mol. The number of thiophene rings is 2. The molecular formula is C25H22N4O8S4. The van der Waals surface area contributed by atoms with Crippen molar-refractivity contribution in [3.05, 3.63) is 83.1 Å². The highest BCUT2D eigenvalue weighted by Gasteiger charge is 2.21. The summed E-state index contributed by atoms with van der Waals surface area (Å²) in [4.78, 5) is 36.3. The van der Waals surface area contributed by atoms with Crippen LogP contribution in [0.1, 0.15) is 17.3 Å². The van der Waals surface area contributed by atoms with Crippen LogP contribution in [0.3, 0.4) is 0 Å². The average Bonchev–Trinajstić information content (AvgIpc) is 3.63. The van der Waals surface area contributed by atoms with Crippen molar-refractivity contribution in [1.82, 2.24) is 0 Å². The molecule has 214 valence electrons. The summed E-state index contributed by atoms with van der Waals surface area (Å²) in [7, 11) is -8.06. The predicted octanol–water partition coefficient (Wildman–Crippen LogP) is 4.17. The number of nitrogens with one attached hydrogen (secondary N) is 4. The number of esters is 1. The number of hydrogen-bond acceptors (Lipinski definition) is 10. The topological polar surface area (TPSA) is 177 Å². The molecule has 0 saturated carbocycles. The summed E-state index contributed by atoms with van der Waals surface area (Å²) in [6.07, 6.45) is 0. The molecule has 0 spiro atoms. The van der Waals surface area contributed by atoms with E-state index in [-0.39, 0.29) is 31.3 Å². The van der Waals surface area contributed by atoms with Crippen LogP contribution in [0.15, 0.2) is 85.9 Å². The highest BCUT2D eigenvalue weighted by molar-refractivity contribution is 7.95. The molecule has 2 aromatic heterocycles. The molecule has 0 unspecified atom stereocenters. The lowest BCUT2D eigenvalue weighted by atomic mass is 10.2. The Morgan fingerprint density at radius 2 is 1.20 bits per heavy atom. The molecule has 4 N–H and O–H groups in total. The van der Waals surface area contributed by atoms with Crippen LogP contribution >= 0.6 is 22.7 Å². The molecule has 4 rings (SSSR count). The summed E-state index contributed by atoms with van der Waals surface area (Å²) in [5.41, 5.74) is 0.478. The fourth-order valence-electron chi connectivity index (χ4n) is 3.36. The second kappa shape index (κ2) is 12.5. The van der Waals surface area contributed by atoms with E-state index in [4.69, 9.17) is 4.74 Å². The van der Waals surface area contributed by atoms with E-state index in [0.717, 1.165) is 34.8 Å². The van der Waals surface area contributed by atoms with E-state index in [1.807, 2.05) is 0 Å². The van der Waals surface area contributed by atoms with Gasteiger partial charge in [-0.05, 0) is 65.4 Å². The zero-order valence-corrected chi connectivity index (χ0v) is 24.4. The molecule has 4 aromatic rings. The third-order valence-corrected chi connectivity index (χ3v) is 10.6. The number of carbonyl (C=O) groups is 3. The fourth-order valence-corrected chi connectivity index (χ4v) is 7.43. The maximum absolute atomic E-state index is 12.8. The molecule has 12 nitrogen and oxygen atoms in total. The van der Waals surface area contributed by atoms with E-state index in [1.165, 1.54) is 25.1 Å². The largest absolute Gasteiger partial charge is 0.452 e. The first-order valence-electron chi connectivity index (χ1n) is 11.5. The van der Waals surface area contributed by atoms with Gasteiger partial charge in [0.05, 0.1) is 16.9 Å². The van der Waals surface area contributed by atoms with Gasteiger partial charge in [0.1, 0.15) is 8.42 Å². The van der Waals surface area contributed by atoms with Gasteiger partial charge >= 0.3 is 5.97 Å². The second-order valence-electron chi connectivity index (χ2n) is 8.26. The Morgan fingerprint density at radius 1 is 0.707 bits per heavy atom. The number of hydrogen-bond donors (Lipinski definition) is 4. The molecule has 0 saturated heterocycles. The smallest absolute Gasteiger partial charge is 0.338 e. The van der Waals surface area contributed by atoms with E-state index in [0.29, 0.717) is 11.4 Å². The van der Waals surface area contributed by atoms with E-state index in [1.54, 1.807) is 47.2 Å². The first-order valence-corrected chi connectivity index (χ1v) is 16.3. The van der Waals surface area contributed by atoms with Crippen molar-refractivity contribution in [3.8, 4) is 0 Å². The lowest BCUT2D eigenvalue weighted by Gasteiger charge is -2.13. The van der Waals surface area contributed by atoms with Crippen LogP contribution in [-0.2, 0) is 34.4 Å². The lowest BCUT2D eigenvalue weighted by Crippen LogP contribution is -2.21. The van der Waals surface area contributed by atoms with E-state index >= 15 is 0 Å². The molecule has 0 aliphatic rings. The van der Waals surface area contributed by atoms with Crippen LogP contribution in [0.4, 0.5) is 22.7 Å². The fraction of sp³-hybridized carbons (Fsp3) is 0.0800. The number of carbonyl (C=O) groups excluding carboxylic acids is 3. The van der Waals surface area contributed by atoms with Gasteiger partial charge in [-0.2, -0.15) is 0 Å². The summed E-state index contributed by atoms with van der Waals surface area (Å²) in [5, 5.41) is 8.28. The van der Waals surface area contributed by atoms with Gasteiger partial charge in [-0.1, -0.05) is 12.1 Å². The molecule has 0 aliphatic heterocycles. The van der Waals surface area contributed by atoms with Gasteiger partial charge in [0.15, 0.2) is 6.61 Å². The number of sulfonamides is 2. The first kappa shape index (κ1) is 29.7. The summed E-state index contributed by atoms with van der Waals surface area (Å²) >= 11 is 1.94. The van der Waals surface area contributed by atoms with Gasteiger partial charge in [-0.3, -0.25) is 19.0 Å². The van der Waals surface area contributed by atoms with E-state index in [2.05, 4.69) is 20.1 Å². The Labute approximate surface area is 243 Å². The third-order valence-electron chi connectivity index (χ3n) is 5.02. The zero-order valence-electron chi connectivity index (χ0n) is 21.1. The lowest BCUT2D eigenvalue weighted by molar-refractivity contribution is -0.119. The highest BCUT2D eigenvalue weighted by atomic mass is 32.3. The van der Waals surface area contributed by atoms with Gasteiger partial charge < -0.3 is 15.4 Å². The molecule has 0 aliphatic carbocycles. The summed E-state index contributed by atoms with van der Waals surface area (Å²) < 4.78 is 60.8. The van der Waals surface area contributed by atoms with Crippen LogP contribution in [0, 0.1) is 0 Å². The van der Waals surface area contributed by atoms with Crippen LogP contribution in [0.5, 0.6) is 0 Å². The average molecular weight is 635 g/mol. The van der Waals surface area contributed by atoms with Crippen LogP contribution in [0.25, 0.3) is 0 Å². The van der Waals surface area contributed by atoms with Crippen molar-refractivity contribution < 1.29 is 36.0 Å². The van der Waals surface area contributed by atoms with Crippen molar-refractivity contribution >= 4 is 83.3 Å². The van der Waals surface area contributed by atoms with Gasteiger partial charge in [0, 0.05) is 18.3 Å². The highest BCUT2D eigenvalue weighted by Crippen LogP contribution is 2.27. The van der Waals surface area contributed by atoms with Gasteiger partial charge in [-0.15, -0.1) is 22.7 Å². The van der Waals surface area contributed by atoms with Crippen LogP contribution in [0.2, 0.25) is 0 Å². The van der Waals surface area contributed by atoms with E-state index in [9.17, 15) is 31.2 Å². The maximum atomic E-state index is 12.8. The van der Waals surface area contributed by atoms with Crippen molar-refractivity contribution in [2.75, 3.05) is 26.7 Å². The Hall–Kier alpha value is -4.25. The number of amides is 2. The van der Waals surface area contributed by atoms with Crippen molar-refractivity contribution in [3.63, 3.8) is 0 Å². The molecule has 0 bridgehead atoms. The zero-order chi connectivity index (χ0) is 29.6. The van der Waals surface area contributed by atoms with Crippen molar-refractivity contribution in [2.24, 2.45) is 0 Å². The Morgan fingerprint density at radius 3 is 1.63 bits per heavy atom. The van der Waals surface area contributed by atoms with Crippen LogP contribution < -0.4 is 20.1 Å². The summed E-state index contributed by atoms with van der Waals surface area (Å²) in [6.45, 7) is 0.674.